The average molecular weight is 377 g/mol. The lowest BCUT2D eigenvalue weighted by Gasteiger charge is -2.14. The molecule has 6 heteroatoms. The summed E-state index contributed by atoms with van der Waals surface area (Å²) in [6.45, 7) is 5.01. The number of fused-ring (bicyclic) bond motifs is 1. The molecule has 0 bridgehead atoms. The van der Waals surface area contributed by atoms with Crippen LogP contribution in [-0.2, 0) is 9.47 Å². The highest BCUT2D eigenvalue weighted by atomic mass is 16.6. The van der Waals surface area contributed by atoms with Gasteiger partial charge in [-0.25, -0.2) is 14.8 Å². The average Bonchev–Trinajstić information content (AvgIpc) is 3.21. The molecule has 1 atom stereocenters. The quantitative estimate of drug-likeness (QED) is 0.667. The normalized spacial score (nSPS) is 16.3. The number of anilines is 2. The van der Waals surface area contributed by atoms with Gasteiger partial charge < -0.3 is 14.8 Å². The van der Waals surface area contributed by atoms with E-state index in [0.717, 1.165) is 30.7 Å². The monoisotopic (exact) mass is 377 g/mol. The van der Waals surface area contributed by atoms with Gasteiger partial charge in [-0.15, -0.1) is 0 Å². The van der Waals surface area contributed by atoms with E-state index in [1.807, 2.05) is 50.2 Å². The van der Waals surface area contributed by atoms with Gasteiger partial charge in [0.05, 0.1) is 17.1 Å². The highest BCUT2D eigenvalue weighted by molar-refractivity contribution is 5.96. The molecule has 1 aliphatic rings. The number of rotatable bonds is 5. The Morgan fingerprint density at radius 1 is 1.18 bits per heavy atom. The molecule has 144 valence electrons. The second-order valence-electron chi connectivity index (χ2n) is 7.09. The van der Waals surface area contributed by atoms with Crippen LogP contribution in [0.25, 0.3) is 11.0 Å². The zero-order chi connectivity index (χ0) is 19.5. The maximum absolute atomic E-state index is 12.8. The van der Waals surface area contributed by atoms with Gasteiger partial charge in [0.25, 0.3) is 0 Å². The number of carbonyl (C=O) groups is 1. The standard InChI is InChI=1S/C22H23N3O3/c1-14-9-10-17(15(2)12-14)24-21-20(22(26)28-13-16-6-5-11-27-16)23-18-7-3-4-8-19(18)25-21/h3-4,7-10,12,16H,5-6,11,13H2,1-2H3,(H,24,25)/t16-/m0/s1. The van der Waals surface area contributed by atoms with E-state index in [4.69, 9.17) is 9.47 Å². The van der Waals surface area contributed by atoms with Crippen molar-refractivity contribution in [2.45, 2.75) is 32.8 Å². The molecule has 4 rings (SSSR count). The number of hydrogen-bond donors (Lipinski definition) is 1. The molecule has 0 radical (unpaired) electrons. The molecule has 0 aliphatic carbocycles. The molecule has 1 aromatic heterocycles. The molecule has 6 nitrogen and oxygen atoms in total. The molecule has 28 heavy (non-hydrogen) atoms. The van der Waals surface area contributed by atoms with Crippen LogP contribution in [0.2, 0.25) is 0 Å². The van der Waals surface area contributed by atoms with Crippen molar-refractivity contribution < 1.29 is 14.3 Å². The highest BCUT2D eigenvalue weighted by Crippen LogP contribution is 2.25. The van der Waals surface area contributed by atoms with E-state index < -0.39 is 5.97 Å². The zero-order valence-corrected chi connectivity index (χ0v) is 16.1. The van der Waals surface area contributed by atoms with Crippen molar-refractivity contribution in [1.29, 1.82) is 0 Å². The van der Waals surface area contributed by atoms with Crippen LogP contribution in [0.5, 0.6) is 0 Å². The second kappa shape index (κ2) is 7.94. The number of hydrogen-bond acceptors (Lipinski definition) is 6. The molecule has 1 saturated heterocycles. The van der Waals surface area contributed by atoms with Crippen LogP contribution in [0.1, 0.15) is 34.5 Å². The predicted octanol–water partition coefficient (Wildman–Crippen LogP) is 4.33. The van der Waals surface area contributed by atoms with Gasteiger partial charge in [-0.05, 0) is 50.5 Å². The minimum atomic E-state index is -0.499. The molecule has 1 fully saturated rings. The summed E-state index contributed by atoms with van der Waals surface area (Å²) in [6, 6.07) is 13.5. The number of para-hydroxylation sites is 2. The molecule has 2 heterocycles. The lowest BCUT2D eigenvalue weighted by Crippen LogP contribution is -2.20. The van der Waals surface area contributed by atoms with Crippen LogP contribution < -0.4 is 5.32 Å². The second-order valence-corrected chi connectivity index (χ2v) is 7.09. The van der Waals surface area contributed by atoms with Gasteiger partial charge in [0.15, 0.2) is 11.5 Å². The Morgan fingerprint density at radius 3 is 2.68 bits per heavy atom. The number of benzene rings is 2. The summed E-state index contributed by atoms with van der Waals surface area (Å²) in [6.07, 6.45) is 1.87. The van der Waals surface area contributed by atoms with Gasteiger partial charge in [0, 0.05) is 12.3 Å². The Kier molecular flexibility index (Phi) is 5.21. The van der Waals surface area contributed by atoms with E-state index in [9.17, 15) is 4.79 Å². The van der Waals surface area contributed by atoms with Crippen molar-refractivity contribution in [2.75, 3.05) is 18.5 Å². The highest BCUT2D eigenvalue weighted by Gasteiger charge is 2.22. The van der Waals surface area contributed by atoms with Crippen LogP contribution in [-0.4, -0.2) is 35.3 Å². The molecule has 1 N–H and O–H groups in total. The fraction of sp³-hybridized carbons (Fsp3) is 0.318. The van der Waals surface area contributed by atoms with E-state index in [1.54, 1.807) is 0 Å². The Bertz CT molecular complexity index is 1010. The zero-order valence-electron chi connectivity index (χ0n) is 16.1. The largest absolute Gasteiger partial charge is 0.458 e. The molecule has 3 aromatic rings. The fourth-order valence-electron chi connectivity index (χ4n) is 3.32. The summed E-state index contributed by atoms with van der Waals surface area (Å²) < 4.78 is 11.0. The van der Waals surface area contributed by atoms with E-state index in [0.29, 0.717) is 16.9 Å². The molecule has 1 aliphatic heterocycles. The number of aromatic nitrogens is 2. The van der Waals surface area contributed by atoms with Gasteiger partial charge in [-0.1, -0.05) is 29.8 Å². The number of esters is 1. The van der Waals surface area contributed by atoms with Gasteiger partial charge in [0.2, 0.25) is 0 Å². The summed E-state index contributed by atoms with van der Waals surface area (Å²) in [4.78, 5) is 21.9. The van der Waals surface area contributed by atoms with Crippen LogP contribution >= 0.6 is 0 Å². The number of ether oxygens (including phenoxy) is 2. The van der Waals surface area contributed by atoms with Crippen molar-refractivity contribution in [3.63, 3.8) is 0 Å². The van der Waals surface area contributed by atoms with Gasteiger partial charge in [-0.3, -0.25) is 0 Å². The van der Waals surface area contributed by atoms with Gasteiger partial charge in [-0.2, -0.15) is 0 Å². The van der Waals surface area contributed by atoms with E-state index in [2.05, 4.69) is 21.4 Å². The topological polar surface area (TPSA) is 73.3 Å². The van der Waals surface area contributed by atoms with Gasteiger partial charge in [0.1, 0.15) is 6.61 Å². The number of nitrogens with zero attached hydrogens (tertiary/aromatic N) is 2. The van der Waals surface area contributed by atoms with Crippen molar-refractivity contribution in [3.05, 3.63) is 59.3 Å². The third kappa shape index (κ3) is 3.97. The van der Waals surface area contributed by atoms with Crippen LogP contribution in [0.3, 0.4) is 0 Å². The fourth-order valence-corrected chi connectivity index (χ4v) is 3.32. The van der Waals surface area contributed by atoms with Crippen LogP contribution in [0.4, 0.5) is 11.5 Å². The maximum atomic E-state index is 12.8. The summed E-state index contributed by atoms with van der Waals surface area (Å²) in [7, 11) is 0. The molecule has 0 amide bonds. The Hall–Kier alpha value is -2.99. The molecular formula is C22H23N3O3. The van der Waals surface area contributed by atoms with Crippen LogP contribution in [0, 0.1) is 13.8 Å². The van der Waals surface area contributed by atoms with Crippen LogP contribution in [0.15, 0.2) is 42.5 Å². The molecule has 0 unspecified atom stereocenters. The SMILES string of the molecule is Cc1ccc(Nc2nc3ccccc3nc2C(=O)OC[C@@H]2CCCO2)c(C)c1. The first-order valence-corrected chi connectivity index (χ1v) is 9.50. The third-order valence-electron chi connectivity index (χ3n) is 4.82. The summed E-state index contributed by atoms with van der Waals surface area (Å²) in [5.74, 6) is -0.107. The summed E-state index contributed by atoms with van der Waals surface area (Å²) >= 11 is 0. The number of carbonyl (C=O) groups excluding carboxylic acids is 1. The first-order valence-electron chi connectivity index (χ1n) is 9.50. The molecule has 0 saturated carbocycles. The molecular weight excluding hydrogens is 354 g/mol. The Balaban J connectivity index is 1.66. The number of aryl methyl sites for hydroxylation is 2. The molecule has 0 spiro atoms. The van der Waals surface area contributed by atoms with Gasteiger partial charge >= 0.3 is 5.97 Å². The van der Waals surface area contributed by atoms with E-state index in [1.165, 1.54) is 5.56 Å². The van der Waals surface area contributed by atoms with Crippen molar-refractivity contribution in [1.82, 2.24) is 9.97 Å². The first-order chi connectivity index (χ1) is 13.6. The van der Waals surface area contributed by atoms with Crippen molar-refractivity contribution in [3.8, 4) is 0 Å². The summed E-state index contributed by atoms with van der Waals surface area (Å²) in [5, 5.41) is 3.26. The predicted molar refractivity (Wildman–Crippen MR) is 108 cm³/mol. The Labute approximate surface area is 163 Å². The van der Waals surface area contributed by atoms with Crippen molar-refractivity contribution in [2.24, 2.45) is 0 Å². The van der Waals surface area contributed by atoms with Crippen molar-refractivity contribution >= 4 is 28.5 Å². The molecule has 2 aromatic carbocycles. The van der Waals surface area contributed by atoms with E-state index in [-0.39, 0.29) is 18.4 Å². The third-order valence-corrected chi connectivity index (χ3v) is 4.82. The lowest BCUT2D eigenvalue weighted by atomic mass is 10.1. The number of nitrogens with one attached hydrogen (secondary N) is 1. The summed E-state index contributed by atoms with van der Waals surface area (Å²) in [5.41, 5.74) is 4.65. The Morgan fingerprint density at radius 2 is 1.96 bits per heavy atom. The van der Waals surface area contributed by atoms with E-state index >= 15 is 0 Å². The minimum Gasteiger partial charge on any atom is -0.458 e. The lowest BCUT2D eigenvalue weighted by molar-refractivity contribution is 0.0157. The smallest absolute Gasteiger partial charge is 0.360 e. The maximum Gasteiger partial charge on any atom is 0.360 e. The first kappa shape index (κ1) is 18.4. The minimum absolute atomic E-state index is 0.0342.